The molecule has 3 N–H and O–H groups in total. The van der Waals surface area contributed by atoms with E-state index < -0.39 is 10.0 Å². The normalized spacial score (nSPS) is 13.8. The van der Waals surface area contributed by atoms with Crippen LogP contribution in [0.1, 0.15) is 24.8 Å². The van der Waals surface area contributed by atoms with E-state index in [1.165, 1.54) is 12.4 Å². The Morgan fingerprint density at radius 2 is 1.88 bits per heavy atom. The van der Waals surface area contributed by atoms with Crippen LogP contribution in [0.15, 0.2) is 72.1 Å². The number of aromatic amines is 1. The van der Waals surface area contributed by atoms with Gasteiger partial charge in [-0.2, -0.15) is 5.10 Å². The molecule has 5 aromatic rings. The standard InChI is InChI=1S/C28H29N9O3S2/c1-18(2)27-35-25(19-4-3-5-20(14-19)36-42(38,39)22-16-31-32-17-22)26(41-27)23-8-9-29-28(34-23)33-21-6-7-24(30-15-21)37-10-12-40-13-11-37/h3-9,14-18,36H,10-13H2,1-2H3,(H,31,32)(H,29,33,34). The Balaban J connectivity index is 1.28. The summed E-state index contributed by atoms with van der Waals surface area (Å²) in [6.07, 6.45) is 6.06. The van der Waals surface area contributed by atoms with Crippen LogP contribution in [0.5, 0.6) is 0 Å². The van der Waals surface area contributed by atoms with E-state index in [1.807, 2.05) is 24.3 Å². The maximum Gasteiger partial charge on any atom is 0.265 e. The van der Waals surface area contributed by atoms with Gasteiger partial charge in [-0.05, 0) is 30.3 Å². The highest BCUT2D eigenvalue weighted by molar-refractivity contribution is 7.92. The van der Waals surface area contributed by atoms with Gasteiger partial charge in [0.05, 0.1) is 52.6 Å². The fraction of sp³-hybridized carbons (Fsp3) is 0.250. The number of H-pyrrole nitrogens is 1. The zero-order valence-electron chi connectivity index (χ0n) is 23.0. The summed E-state index contributed by atoms with van der Waals surface area (Å²) >= 11 is 1.56. The quantitative estimate of drug-likeness (QED) is 0.212. The van der Waals surface area contributed by atoms with E-state index in [0.29, 0.717) is 36.2 Å². The van der Waals surface area contributed by atoms with E-state index in [0.717, 1.165) is 40.0 Å². The molecule has 1 aliphatic rings. The fourth-order valence-corrected chi connectivity index (χ4v) is 6.41. The van der Waals surface area contributed by atoms with Gasteiger partial charge in [-0.25, -0.2) is 28.4 Å². The second-order valence-electron chi connectivity index (χ2n) is 9.90. The van der Waals surface area contributed by atoms with Crippen molar-refractivity contribution in [2.75, 3.05) is 41.2 Å². The minimum atomic E-state index is -3.79. The molecule has 216 valence electrons. The zero-order chi connectivity index (χ0) is 29.1. The maximum absolute atomic E-state index is 12.8. The number of nitrogens with one attached hydrogen (secondary N) is 3. The SMILES string of the molecule is CC(C)c1nc(-c2cccc(NS(=O)(=O)c3cn[nH]c3)c2)c(-c2ccnc(Nc3ccc(N4CCOCC4)nc3)n2)s1. The number of hydrogen-bond donors (Lipinski definition) is 3. The van der Waals surface area contributed by atoms with Gasteiger partial charge in [0.2, 0.25) is 5.95 Å². The van der Waals surface area contributed by atoms with Crippen molar-refractivity contribution in [3.63, 3.8) is 0 Å². The molecule has 12 nitrogen and oxygen atoms in total. The number of sulfonamides is 1. The third kappa shape index (κ3) is 6.10. The molecule has 5 heterocycles. The molecule has 0 bridgehead atoms. The van der Waals surface area contributed by atoms with E-state index in [9.17, 15) is 8.42 Å². The summed E-state index contributed by atoms with van der Waals surface area (Å²) in [5, 5.41) is 10.5. The summed E-state index contributed by atoms with van der Waals surface area (Å²) in [5.41, 5.74) is 3.37. The van der Waals surface area contributed by atoms with Crippen molar-refractivity contribution in [3.05, 3.63) is 72.3 Å². The molecule has 14 heteroatoms. The summed E-state index contributed by atoms with van der Waals surface area (Å²) < 4.78 is 33.6. The molecule has 0 spiro atoms. The molecule has 0 aliphatic carbocycles. The van der Waals surface area contributed by atoms with Crippen molar-refractivity contribution in [1.29, 1.82) is 0 Å². The van der Waals surface area contributed by atoms with E-state index in [1.54, 1.807) is 41.9 Å². The minimum Gasteiger partial charge on any atom is -0.378 e. The van der Waals surface area contributed by atoms with Crippen molar-refractivity contribution in [3.8, 4) is 21.8 Å². The molecular weight excluding hydrogens is 575 g/mol. The van der Waals surface area contributed by atoms with Crippen molar-refractivity contribution >= 4 is 44.5 Å². The van der Waals surface area contributed by atoms with E-state index in [4.69, 9.17) is 14.7 Å². The molecule has 1 aromatic carbocycles. The molecule has 6 rings (SSSR count). The van der Waals surface area contributed by atoms with Crippen molar-refractivity contribution in [2.45, 2.75) is 24.7 Å². The summed E-state index contributed by atoms with van der Waals surface area (Å²) in [5.74, 6) is 1.53. The predicted octanol–water partition coefficient (Wildman–Crippen LogP) is 4.89. The van der Waals surface area contributed by atoms with Gasteiger partial charge in [-0.15, -0.1) is 11.3 Å². The van der Waals surface area contributed by atoms with Crippen LogP contribution in [0.4, 0.5) is 23.1 Å². The first-order chi connectivity index (χ1) is 20.4. The van der Waals surface area contributed by atoms with Crippen LogP contribution < -0.4 is 14.9 Å². The number of pyridine rings is 1. The molecule has 0 amide bonds. The molecule has 4 aromatic heterocycles. The Bertz CT molecular complexity index is 1770. The molecule has 0 unspecified atom stereocenters. The predicted molar refractivity (Wildman–Crippen MR) is 163 cm³/mol. The van der Waals surface area contributed by atoms with Crippen molar-refractivity contribution in [2.24, 2.45) is 0 Å². The number of nitrogens with zero attached hydrogens (tertiary/aromatic N) is 6. The average Bonchev–Trinajstić information content (AvgIpc) is 3.70. The second-order valence-corrected chi connectivity index (χ2v) is 12.6. The molecular formula is C28H29N9O3S2. The smallest absolute Gasteiger partial charge is 0.265 e. The third-order valence-corrected chi connectivity index (χ3v) is 9.26. The average molecular weight is 604 g/mol. The third-order valence-electron chi connectivity index (χ3n) is 6.54. The lowest BCUT2D eigenvalue weighted by Crippen LogP contribution is -2.36. The Morgan fingerprint density at radius 1 is 1.02 bits per heavy atom. The lowest BCUT2D eigenvalue weighted by Gasteiger charge is -2.27. The number of benzene rings is 1. The highest BCUT2D eigenvalue weighted by Gasteiger charge is 2.20. The minimum absolute atomic E-state index is 0.0521. The zero-order valence-corrected chi connectivity index (χ0v) is 24.6. The monoisotopic (exact) mass is 603 g/mol. The first-order valence-electron chi connectivity index (χ1n) is 13.4. The van der Waals surface area contributed by atoms with Crippen LogP contribution in [0.25, 0.3) is 21.8 Å². The van der Waals surface area contributed by atoms with Crippen molar-refractivity contribution < 1.29 is 13.2 Å². The maximum atomic E-state index is 12.8. The first kappa shape index (κ1) is 27.8. The van der Waals surface area contributed by atoms with Crippen LogP contribution in [0.3, 0.4) is 0 Å². The van der Waals surface area contributed by atoms with Crippen LogP contribution in [-0.4, -0.2) is 64.9 Å². The fourth-order valence-electron chi connectivity index (χ4n) is 4.40. The largest absolute Gasteiger partial charge is 0.378 e. The van der Waals surface area contributed by atoms with Gasteiger partial charge in [-0.3, -0.25) is 9.82 Å². The van der Waals surface area contributed by atoms with Crippen molar-refractivity contribution in [1.82, 2.24) is 30.1 Å². The number of anilines is 4. The lowest BCUT2D eigenvalue weighted by atomic mass is 10.1. The molecule has 42 heavy (non-hydrogen) atoms. The number of morpholine rings is 1. The molecule has 0 radical (unpaired) electrons. The van der Waals surface area contributed by atoms with Crippen LogP contribution in [0.2, 0.25) is 0 Å². The number of ether oxygens (including phenoxy) is 1. The summed E-state index contributed by atoms with van der Waals surface area (Å²) in [6.45, 7) is 7.21. The van der Waals surface area contributed by atoms with E-state index in [-0.39, 0.29) is 10.8 Å². The number of rotatable bonds is 9. The van der Waals surface area contributed by atoms with Crippen LogP contribution in [0, 0.1) is 0 Å². The Labute approximate surface area is 247 Å². The number of thiazole rings is 1. The molecule has 1 aliphatic heterocycles. The molecule has 0 saturated carbocycles. The van der Waals surface area contributed by atoms with E-state index in [2.05, 4.69) is 49.0 Å². The van der Waals surface area contributed by atoms with Crippen LogP contribution in [-0.2, 0) is 14.8 Å². The summed E-state index contributed by atoms with van der Waals surface area (Å²) in [7, 11) is -3.79. The highest BCUT2D eigenvalue weighted by atomic mass is 32.2. The first-order valence-corrected chi connectivity index (χ1v) is 15.7. The molecule has 0 atom stereocenters. The Morgan fingerprint density at radius 3 is 2.62 bits per heavy atom. The Kier molecular flexibility index (Phi) is 7.82. The van der Waals surface area contributed by atoms with Gasteiger partial charge in [0.1, 0.15) is 10.7 Å². The molecule has 1 fully saturated rings. The van der Waals surface area contributed by atoms with Crippen LogP contribution >= 0.6 is 11.3 Å². The van der Waals surface area contributed by atoms with Gasteiger partial charge >= 0.3 is 0 Å². The summed E-state index contributed by atoms with van der Waals surface area (Å²) in [4.78, 5) is 21.9. The van der Waals surface area contributed by atoms with Gasteiger partial charge < -0.3 is 15.0 Å². The van der Waals surface area contributed by atoms with Gasteiger partial charge in [-0.1, -0.05) is 26.0 Å². The van der Waals surface area contributed by atoms with Gasteiger partial charge in [0.15, 0.2) is 0 Å². The topological polar surface area (TPSA) is 151 Å². The highest BCUT2D eigenvalue weighted by Crippen LogP contribution is 2.39. The second kappa shape index (κ2) is 11.8. The lowest BCUT2D eigenvalue weighted by molar-refractivity contribution is 0.122. The molecule has 1 saturated heterocycles. The van der Waals surface area contributed by atoms with Gasteiger partial charge in [0.25, 0.3) is 10.0 Å². The van der Waals surface area contributed by atoms with E-state index >= 15 is 0 Å². The number of hydrogen-bond acceptors (Lipinski definition) is 11. The van der Waals surface area contributed by atoms with Gasteiger partial charge in [0, 0.05) is 42.7 Å². The Hall–Kier alpha value is -4.40. The summed E-state index contributed by atoms with van der Waals surface area (Å²) in [6, 6.07) is 12.9. The number of aromatic nitrogens is 6.